The average Bonchev–Trinajstić information content (AvgIpc) is 3.43. The van der Waals surface area contributed by atoms with Crippen molar-refractivity contribution < 1.29 is 14.4 Å². The van der Waals surface area contributed by atoms with Gasteiger partial charge in [0, 0.05) is 24.3 Å². The Morgan fingerprint density at radius 2 is 1.78 bits per heavy atom. The monoisotopic (exact) mass is 368 g/mol. The van der Waals surface area contributed by atoms with E-state index >= 15 is 0 Å². The topological polar surface area (TPSA) is 93.1 Å². The van der Waals surface area contributed by atoms with Gasteiger partial charge in [-0.2, -0.15) is 5.10 Å². The SMILES string of the molecule is Cc1nn(C)c(C)c1C(=O)C(=O)NC(C)c1ccc(NC(=O)C2CC2)cc1. The molecule has 0 saturated heterocycles. The Kier molecular flexibility index (Phi) is 5.12. The zero-order valence-electron chi connectivity index (χ0n) is 16.0. The van der Waals surface area contributed by atoms with Crippen LogP contribution in [-0.2, 0) is 16.6 Å². The van der Waals surface area contributed by atoms with Gasteiger partial charge < -0.3 is 10.6 Å². The number of Topliss-reactive ketones (excluding diaryl/α,β-unsaturated/α-hetero) is 1. The molecule has 27 heavy (non-hydrogen) atoms. The number of hydrogen-bond donors (Lipinski definition) is 2. The number of amides is 2. The van der Waals surface area contributed by atoms with Crippen LogP contribution in [0.3, 0.4) is 0 Å². The van der Waals surface area contributed by atoms with E-state index in [0.717, 1.165) is 24.1 Å². The number of carbonyl (C=O) groups excluding carboxylic acids is 3. The van der Waals surface area contributed by atoms with Crippen LogP contribution in [-0.4, -0.2) is 27.4 Å². The van der Waals surface area contributed by atoms with E-state index < -0.39 is 11.7 Å². The molecule has 1 aromatic heterocycles. The van der Waals surface area contributed by atoms with Crippen molar-refractivity contribution in [1.29, 1.82) is 0 Å². The predicted molar refractivity (Wildman–Crippen MR) is 101 cm³/mol. The van der Waals surface area contributed by atoms with E-state index in [9.17, 15) is 14.4 Å². The van der Waals surface area contributed by atoms with Crippen LogP contribution in [0.25, 0.3) is 0 Å². The number of rotatable bonds is 6. The Hall–Kier alpha value is -2.96. The molecule has 3 rings (SSSR count). The smallest absolute Gasteiger partial charge is 0.293 e. The van der Waals surface area contributed by atoms with Gasteiger partial charge in [0.2, 0.25) is 5.91 Å². The van der Waals surface area contributed by atoms with Crippen molar-refractivity contribution >= 4 is 23.3 Å². The van der Waals surface area contributed by atoms with Crippen LogP contribution in [0.2, 0.25) is 0 Å². The molecule has 1 heterocycles. The van der Waals surface area contributed by atoms with Gasteiger partial charge in [0.25, 0.3) is 11.7 Å². The highest BCUT2D eigenvalue weighted by atomic mass is 16.2. The lowest BCUT2D eigenvalue weighted by atomic mass is 10.1. The van der Waals surface area contributed by atoms with Crippen molar-refractivity contribution in [3.05, 3.63) is 46.8 Å². The minimum absolute atomic E-state index is 0.0527. The number of aromatic nitrogens is 2. The third kappa shape index (κ3) is 4.07. The summed E-state index contributed by atoms with van der Waals surface area (Å²) in [4.78, 5) is 36.7. The van der Waals surface area contributed by atoms with Crippen molar-refractivity contribution in [3.63, 3.8) is 0 Å². The minimum atomic E-state index is -0.659. The predicted octanol–water partition coefficient (Wildman–Crippen LogP) is 2.45. The Morgan fingerprint density at radius 1 is 1.15 bits per heavy atom. The summed E-state index contributed by atoms with van der Waals surface area (Å²) in [6, 6.07) is 6.93. The first-order valence-corrected chi connectivity index (χ1v) is 9.04. The van der Waals surface area contributed by atoms with E-state index in [1.54, 1.807) is 37.7 Å². The molecule has 1 fully saturated rings. The quantitative estimate of drug-likeness (QED) is 0.605. The normalized spacial score (nSPS) is 14.5. The molecule has 1 unspecified atom stereocenters. The van der Waals surface area contributed by atoms with Crippen molar-refractivity contribution in [2.75, 3.05) is 5.32 Å². The molecular formula is C20H24N4O3. The van der Waals surface area contributed by atoms with Gasteiger partial charge in [0.15, 0.2) is 0 Å². The van der Waals surface area contributed by atoms with Gasteiger partial charge in [-0.05, 0) is 51.3 Å². The number of carbonyl (C=O) groups is 3. The van der Waals surface area contributed by atoms with Gasteiger partial charge >= 0.3 is 0 Å². The molecule has 2 amide bonds. The highest BCUT2D eigenvalue weighted by Crippen LogP contribution is 2.30. The number of benzene rings is 1. The summed E-state index contributed by atoms with van der Waals surface area (Å²) >= 11 is 0. The highest BCUT2D eigenvalue weighted by molar-refractivity contribution is 6.43. The van der Waals surface area contributed by atoms with E-state index in [1.807, 2.05) is 19.1 Å². The maximum absolute atomic E-state index is 12.5. The number of nitrogens with one attached hydrogen (secondary N) is 2. The fourth-order valence-electron chi connectivity index (χ4n) is 3.01. The summed E-state index contributed by atoms with van der Waals surface area (Å²) in [5.41, 5.74) is 3.13. The standard InChI is InChI=1S/C20H24N4O3/c1-11(14-7-9-16(10-8-14)22-19(26)15-5-6-15)21-20(27)18(25)17-12(2)23-24(4)13(17)3/h7-11,15H,5-6H2,1-4H3,(H,21,27)(H,22,26). The van der Waals surface area contributed by atoms with Gasteiger partial charge in [0.1, 0.15) is 0 Å². The first-order chi connectivity index (χ1) is 12.8. The molecule has 2 N–H and O–H groups in total. The average molecular weight is 368 g/mol. The van der Waals surface area contributed by atoms with Crippen LogP contribution in [0.1, 0.15) is 53.1 Å². The Balaban J connectivity index is 1.63. The number of aryl methyl sites for hydroxylation is 2. The van der Waals surface area contributed by atoms with Crippen LogP contribution in [0.15, 0.2) is 24.3 Å². The zero-order chi connectivity index (χ0) is 19.7. The lowest BCUT2D eigenvalue weighted by Crippen LogP contribution is -2.33. The van der Waals surface area contributed by atoms with Crippen molar-refractivity contribution in [2.45, 2.75) is 39.7 Å². The Labute approximate surface area is 158 Å². The lowest BCUT2D eigenvalue weighted by molar-refractivity contribution is -0.118. The molecule has 2 aromatic rings. The molecule has 1 aromatic carbocycles. The van der Waals surface area contributed by atoms with Crippen molar-refractivity contribution in [1.82, 2.24) is 15.1 Å². The van der Waals surface area contributed by atoms with Crippen molar-refractivity contribution in [3.8, 4) is 0 Å². The molecule has 0 radical (unpaired) electrons. The summed E-state index contributed by atoms with van der Waals surface area (Å²) < 4.78 is 1.59. The number of nitrogens with zero attached hydrogens (tertiary/aromatic N) is 2. The van der Waals surface area contributed by atoms with E-state index in [-0.39, 0.29) is 17.9 Å². The van der Waals surface area contributed by atoms with Gasteiger partial charge in [-0.3, -0.25) is 19.1 Å². The molecule has 1 atom stereocenters. The fraction of sp³-hybridized carbons (Fsp3) is 0.400. The van der Waals surface area contributed by atoms with Crippen LogP contribution < -0.4 is 10.6 Å². The van der Waals surface area contributed by atoms with E-state index in [0.29, 0.717) is 17.0 Å². The van der Waals surface area contributed by atoms with E-state index in [1.165, 1.54) is 0 Å². The molecule has 1 aliphatic rings. The number of ketones is 1. The molecular weight excluding hydrogens is 344 g/mol. The molecule has 7 nitrogen and oxygen atoms in total. The zero-order valence-corrected chi connectivity index (χ0v) is 16.0. The fourth-order valence-corrected chi connectivity index (χ4v) is 3.01. The summed E-state index contributed by atoms with van der Waals surface area (Å²) in [5, 5.41) is 9.79. The highest BCUT2D eigenvalue weighted by Gasteiger charge is 2.29. The third-order valence-electron chi connectivity index (χ3n) is 4.92. The Morgan fingerprint density at radius 3 is 2.30 bits per heavy atom. The van der Waals surface area contributed by atoms with Gasteiger partial charge in [-0.25, -0.2) is 0 Å². The summed E-state index contributed by atoms with van der Waals surface area (Å²) in [5.74, 6) is -1.05. The summed E-state index contributed by atoms with van der Waals surface area (Å²) in [6.45, 7) is 5.29. The van der Waals surface area contributed by atoms with Crippen LogP contribution in [0, 0.1) is 19.8 Å². The van der Waals surface area contributed by atoms with Crippen LogP contribution in [0.5, 0.6) is 0 Å². The third-order valence-corrected chi connectivity index (χ3v) is 4.92. The molecule has 142 valence electrons. The summed E-state index contributed by atoms with van der Waals surface area (Å²) in [7, 11) is 1.74. The molecule has 1 aliphatic carbocycles. The van der Waals surface area contributed by atoms with E-state index in [4.69, 9.17) is 0 Å². The second-order valence-corrected chi connectivity index (χ2v) is 7.08. The second-order valence-electron chi connectivity index (χ2n) is 7.08. The summed E-state index contributed by atoms with van der Waals surface area (Å²) in [6.07, 6.45) is 1.91. The molecule has 0 spiro atoms. The van der Waals surface area contributed by atoms with Gasteiger partial charge in [-0.15, -0.1) is 0 Å². The van der Waals surface area contributed by atoms with Gasteiger partial charge in [0.05, 0.1) is 17.3 Å². The first-order valence-electron chi connectivity index (χ1n) is 9.04. The number of anilines is 1. The lowest BCUT2D eigenvalue weighted by Gasteiger charge is -2.15. The molecule has 1 saturated carbocycles. The first kappa shape index (κ1) is 18.8. The maximum atomic E-state index is 12.5. The minimum Gasteiger partial charge on any atom is -0.343 e. The van der Waals surface area contributed by atoms with E-state index in [2.05, 4.69) is 15.7 Å². The Bertz CT molecular complexity index is 895. The maximum Gasteiger partial charge on any atom is 0.293 e. The molecule has 7 heteroatoms. The molecule has 0 bridgehead atoms. The van der Waals surface area contributed by atoms with Crippen LogP contribution >= 0.6 is 0 Å². The second kappa shape index (κ2) is 7.34. The van der Waals surface area contributed by atoms with Crippen LogP contribution in [0.4, 0.5) is 5.69 Å². The number of hydrogen-bond acceptors (Lipinski definition) is 4. The van der Waals surface area contributed by atoms with Gasteiger partial charge in [-0.1, -0.05) is 12.1 Å². The largest absolute Gasteiger partial charge is 0.343 e. The molecule has 0 aliphatic heterocycles. The van der Waals surface area contributed by atoms with Crippen molar-refractivity contribution in [2.24, 2.45) is 13.0 Å².